The molecule has 0 aromatic heterocycles. The molecule has 0 aliphatic rings. The van der Waals surface area contributed by atoms with E-state index in [1.807, 2.05) is 45.3 Å². The second kappa shape index (κ2) is 9.83. The number of hydrogen-bond acceptors (Lipinski definition) is 3. The van der Waals surface area contributed by atoms with Crippen LogP contribution in [-0.2, 0) is 32.7 Å². The van der Waals surface area contributed by atoms with Crippen LogP contribution in [0.25, 0.3) is 5.43 Å². The molecule has 0 heterocycles. The molecule has 0 N–H and O–H groups in total. The minimum Gasteiger partial charge on any atom is -0.396 e. The number of hydrazine groups is 1. The Kier molecular flexibility index (Phi) is 13.9. The van der Waals surface area contributed by atoms with Crippen LogP contribution in [0.2, 0.25) is 0 Å². The second-order valence-electron chi connectivity index (χ2n) is 2.84. The molecule has 0 unspecified atom stereocenters. The van der Waals surface area contributed by atoms with Gasteiger partial charge in [-0.2, -0.15) is 0 Å². The molecule has 0 aromatic rings. The molecule has 0 spiro atoms. The molecule has 5 nitrogen and oxygen atoms in total. The predicted molar refractivity (Wildman–Crippen MR) is 58.3 cm³/mol. The second-order valence-corrected chi connectivity index (χ2v) is 2.84. The number of aliphatic imine (C=N–C) groups is 1. The molecule has 0 bridgehead atoms. The van der Waals surface area contributed by atoms with Gasteiger partial charge in [0, 0.05) is 38.7 Å². The van der Waals surface area contributed by atoms with Crippen LogP contribution < -0.4 is 0 Å². The van der Waals surface area contributed by atoms with Crippen molar-refractivity contribution in [3.8, 4) is 0 Å². The van der Waals surface area contributed by atoms with Gasteiger partial charge in [-0.15, -0.1) is 0 Å². The summed E-state index contributed by atoms with van der Waals surface area (Å²) in [5.74, 6) is 0.685. The van der Waals surface area contributed by atoms with Crippen LogP contribution in [-0.4, -0.2) is 63.3 Å². The molecule has 0 aliphatic heterocycles. The first-order chi connectivity index (χ1) is 5.49. The fourth-order valence-corrected chi connectivity index (χ4v) is 0.612. The third-order valence-electron chi connectivity index (χ3n) is 1.38. The van der Waals surface area contributed by atoms with Gasteiger partial charge in [0.25, 0.3) is 0 Å². The maximum Gasteiger partial charge on any atom is 0.0363 e. The van der Waals surface area contributed by atoms with Gasteiger partial charge in [-0.1, -0.05) is 0 Å². The van der Waals surface area contributed by atoms with E-state index in [4.69, 9.17) is 0 Å². The largest absolute Gasteiger partial charge is 0.396 e. The molecule has 0 saturated carbocycles. The Balaban J connectivity index is -0.000000605. The number of nitrogens with zero attached hydrogens (tertiary/aromatic N) is 5. The van der Waals surface area contributed by atoms with Gasteiger partial charge < -0.3 is 22.9 Å². The summed E-state index contributed by atoms with van der Waals surface area (Å²) in [6.07, 6.45) is 0. The Morgan fingerprint density at radius 1 is 1.07 bits per heavy atom. The van der Waals surface area contributed by atoms with E-state index in [1.165, 1.54) is 0 Å². The van der Waals surface area contributed by atoms with Gasteiger partial charge in [0.05, 0.1) is 0 Å². The predicted octanol–water partition coefficient (Wildman–Crippen LogP) is 0.679. The summed E-state index contributed by atoms with van der Waals surface area (Å²) < 4.78 is 0. The van der Waals surface area contributed by atoms with Crippen molar-refractivity contribution in [2.45, 2.75) is 0 Å². The van der Waals surface area contributed by atoms with Gasteiger partial charge in [-0.25, -0.2) is 0 Å². The van der Waals surface area contributed by atoms with Crippen molar-refractivity contribution in [3.63, 3.8) is 0 Å². The Morgan fingerprint density at radius 2 is 1.50 bits per heavy atom. The monoisotopic (exact) mass is 276 g/mol. The molecule has 14 heavy (non-hydrogen) atoms. The SMILES string of the molecule is CN=C([N-]N(C)C)N(C)N(C)C.[CH3-].[Y]. The Bertz CT molecular complexity index is 158. The third-order valence-corrected chi connectivity index (χ3v) is 1.38. The molecule has 0 aliphatic carbocycles. The quantitative estimate of drug-likeness (QED) is 0.322. The van der Waals surface area contributed by atoms with Crippen LogP contribution in [0.5, 0.6) is 0 Å². The topological polar surface area (TPSA) is 36.2 Å². The molecular weight excluding hydrogens is 255 g/mol. The number of guanidine groups is 1. The first kappa shape index (κ1) is 19.8. The maximum absolute atomic E-state index is 4.18. The normalized spacial score (nSPS) is 10.7. The van der Waals surface area contributed by atoms with Crippen LogP contribution in [0.4, 0.5) is 0 Å². The summed E-state index contributed by atoms with van der Waals surface area (Å²) >= 11 is 0. The molecule has 0 saturated heterocycles. The van der Waals surface area contributed by atoms with Gasteiger partial charge in [-0.3, -0.25) is 10.0 Å². The van der Waals surface area contributed by atoms with Gasteiger partial charge in [0.1, 0.15) is 0 Å². The van der Waals surface area contributed by atoms with Crippen molar-refractivity contribution in [1.29, 1.82) is 0 Å². The summed E-state index contributed by atoms with van der Waals surface area (Å²) in [6, 6.07) is 0. The number of rotatable bonds is 2. The van der Waals surface area contributed by atoms with Crippen LogP contribution in [0, 0.1) is 7.43 Å². The van der Waals surface area contributed by atoms with E-state index in [0.717, 1.165) is 0 Å². The fourth-order valence-electron chi connectivity index (χ4n) is 0.612. The van der Waals surface area contributed by atoms with Crippen molar-refractivity contribution < 1.29 is 32.7 Å². The number of hydrogen-bond donors (Lipinski definition) is 0. The smallest absolute Gasteiger partial charge is 0.0363 e. The molecule has 6 heteroatoms. The van der Waals surface area contributed by atoms with E-state index in [2.05, 4.69) is 10.4 Å². The summed E-state index contributed by atoms with van der Waals surface area (Å²) in [5.41, 5.74) is 4.18. The average Bonchev–Trinajstić information content (AvgIpc) is 1.98. The van der Waals surface area contributed by atoms with E-state index in [9.17, 15) is 0 Å². The van der Waals surface area contributed by atoms with Gasteiger partial charge in [0.15, 0.2) is 0 Å². The molecule has 0 fully saturated rings. The Hall–Kier alpha value is 0.294. The zero-order chi connectivity index (χ0) is 9.72. The standard InChI is InChI=1S/C7H18N5.CH3.Y/c1-8-7(9-10(2)3)12(6)11(4)5;;/h1-6H3;1H3;/q2*-1;. The van der Waals surface area contributed by atoms with Crippen molar-refractivity contribution in [1.82, 2.24) is 15.0 Å². The van der Waals surface area contributed by atoms with Crippen molar-refractivity contribution in [2.24, 2.45) is 4.99 Å². The first-order valence-electron chi connectivity index (χ1n) is 3.75. The van der Waals surface area contributed by atoms with E-state index < -0.39 is 0 Å². The van der Waals surface area contributed by atoms with Gasteiger partial charge >= 0.3 is 0 Å². The Labute approximate surface area is 113 Å². The van der Waals surface area contributed by atoms with Crippen molar-refractivity contribution in [3.05, 3.63) is 12.9 Å². The van der Waals surface area contributed by atoms with Crippen molar-refractivity contribution in [2.75, 3.05) is 42.3 Å². The summed E-state index contributed by atoms with van der Waals surface area (Å²) in [7, 11) is 11.3. The molecule has 0 amide bonds. The molecule has 83 valence electrons. The first-order valence-corrected chi connectivity index (χ1v) is 3.75. The third kappa shape index (κ3) is 7.67. The van der Waals surface area contributed by atoms with E-state index in [1.54, 1.807) is 12.1 Å². The average molecular weight is 276 g/mol. The molecule has 0 atom stereocenters. The van der Waals surface area contributed by atoms with Crippen LogP contribution >= 0.6 is 0 Å². The van der Waals surface area contributed by atoms with Gasteiger partial charge in [0.2, 0.25) is 0 Å². The summed E-state index contributed by atoms with van der Waals surface area (Å²) in [5, 5.41) is 5.50. The zero-order valence-corrected chi connectivity index (χ0v) is 13.2. The maximum atomic E-state index is 4.18. The van der Waals surface area contributed by atoms with E-state index in [0.29, 0.717) is 5.96 Å². The molecule has 1 radical (unpaired) electrons. The van der Waals surface area contributed by atoms with Crippen LogP contribution in [0.3, 0.4) is 0 Å². The molecular formula is C8H21N5Y-2. The van der Waals surface area contributed by atoms with Crippen molar-refractivity contribution >= 4 is 5.96 Å². The molecule has 0 rings (SSSR count). The fraction of sp³-hybridized carbons (Fsp3) is 0.750. The van der Waals surface area contributed by atoms with Crippen LogP contribution in [0.15, 0.2) is 4.99 Å². The van der Waals surface area contributed by atoms with Crippen LogP contribution in [0.1, 0.15) is 0 Å². The summed E-state index contributed by atoms with van der Waals surface area (Å²) in [4.78, 5) is 4.04. The van der Waals surface area contributed by atoms with E-state index in [-0.39, 0.29) is 40.1 Å². The van der Waals surface area contributed by atoms with Gasteiger partial charge in [-0.05, 0) is 42.3 Å². The minimum absolute atomic E-state index is 0. The minimum atomic E-state index is 0. The zero-order valence-electron chi connectivity index (χ0n) is 10.3. The summed E-state index contributed by atoms with van der Waals surface area (Å²) in [6.45, 7) is 0. The Morgan fingerprint density at radius 3 is 1.71 bits per heavy atom. The molecule has 0 aromatic carbocycles. The van der Waals surface area contributed by atoms with E-state index >= 15 is 0 Å².